The topological polar surface area (TPSA) is 70.4 Å². The highest BCUT2D eigenvalue weighted by atomic mass is 127. The summed E-state index contributed by atoms with van der Waals surface area (Å²) in [6.45, 7) is 14.3. The van der Waals surface area contributed by atoms with Gasteiger partial charge in [0.2, 0.25) is 0 Å². The van der Waals surface area contributed by atoms with E-state index in [0.717, 1.165) is 50.1 Å². The molecule has 1 aromatic carbocycles. The number of anilines is 1. The van der Waals surface area contributed by atoms with Crippen molar-refractivity contribution in [2.24, 2.45) is 12.0 Å². The Hall–Kier alpha value is -1.84. The Labute approximate surface area is 204 Å². The summed E-state index contributed by atoms with van der Waals surface area (Å²) in [5, 5.41) is 15.3. The third-order valence-electron chi connectivity index (χ3n) is 5.84. The number of piperidine rings is 1. The molecule has 0 aliphatic carbocycles. The maximum atomic E-state index is 4.72. The molecule has 31 heavy (non-hydrogen) atoms. The number of aliphatic imine (C=N–C) groups is 1. The second-order valence-corrected chi connectivity index (χ2v) is 9.12. The van der Waals surface area contributed by atoms with Gasteiger partial charge in [-0.3, -0.25) is 0 Å². The number of aryl methyl sites for hydroxylation is 1. The van der Waals surface area contributed by atoms with Crippen LogP contribution in [-0.2, 0) is 19.0 Å². The van der Waals surface area contributed by atoms with Gasteiger partial charge in [-0.25, -0.2) is 4.99 Å². The van der Waals surface area contributed by atoms with E-state index in [4.69, 9.17) is 4.99 Å². The fraction of sp³-hybridized carbons (Fsp3) is 0.609. The zero-order chi connectivity index (χ0) is 21.7. The summed E-state index contributed by atoms with van der Waals surface area (Å²) in [7, 11) is 1.98. The van der Waals surface area contributed by atoms with Crippen molar-refractivity contribution >= 4 is 35.6 Å². The van der Waals surface area contributed by atoms with Crippen molar-refractivity contribution in [3.63, 3.8) is 0 Å². The molecule has 0 saturated carbocycles. The van der Waals surface area contributed by atoms with Gasteiger partial charge in [0.1, 0.15) is 12.4 Å². The highest BCUT2D eigenvalue weighted by molar-refractivity contribution is 14.0. The van der Waals surface area contributed by atoms with Crippen LogP contribution in [0.5, 0.6) is 0 Å². The molecule has 2 aromatic rings. The standard InChI is InChI=1S/C23H37N7.HI/c1-7-24-22(25-16-21-28-27-17(2)29(21)6)26-19-12-14-30(15-13-19)20-10-8-18(9-11-20)23(3,4)5;/h8-11,19H,7,12-16H2,1-6H3,(H2,24,25,26);1H. The van der Waals surface area contributed by atoms with Gasteiger partial charge >= 0.3 is 0 Å². The van der Waals surface area contributed by atoms with Gasteiger partial charge in [-0.2, -0.15) is 0 Å². The Morgan fingerprint density at radius 2 is 1.77 bits per heavy atom. The van der Waals surface area contributed by atoms with Crippen LogP contribution in [0.15, 0.2) is 29.3 Å². The van der Waals surface area contributed by atoms with Gasteiger partial charge in [0, 0.05) is 38.4 Å². The average Bonchev–Trinajstić information content (AvgIpc) is 3.04. The molecule has 172 valence electrons. The number of hydrogen-bond donors (Lipinski definition) is 2. The Kier molecular flexibility index (Phi) is 9.14. The molecular formula is C23H38IN7. The Balaban J connectivity index is 0.00000341. The van der Waals surface area contributed by atoms with E-state index >= 15 is 0 Å². The summed E-state index contributed by atoms with van der Waals surface area (Å²) < 4.78 is 1.98. The summed E-state index contributed by atoms with van der Waals surface area (Å²) in [6, 6.07) is 9.49. The van der Waals surface area contributed by atoms with Crippen molar-refractivity contribution in [1.29, 1.82) is 0 Å². The monoisotopic (exact) mass is 539 g/mol. The van der Waals surface area contributed by atoms with Crippen molar-refractivity contribution in [3.8, 4) is 0 Å². The van der Waals surface area contributed by atoms with E-state index in [1.54, 1.807) is 0 Å². The molecule has 0 unspecified atom stereocenters. The second-order valence-electron chi connectivity index (χ2n) is 9.12. The Bertz CT molecular complexity index is 844. The first kappa shape index (κ1) is 25.4. The lowest BCUT2D eigenvalue weighted by molar-refractivity contribution is 0.461. The van der Waals surface area contributed by atoms with Crippen LogP contribution < -0.4 is 15.5 Å². The van der Waals surface area contributed by atoms with Crippen LogP contribution >= 0.6 is 24.0 Å². The van der Waals surface area contributed by atoms with E-state index in [0.29, 0.717) is 12.6 Å². The summed E-state index contributed by atoms with van der Waals surface area (Å²) in [6.07, 6.45) is 2.18. The van der Waals surface area contributed by atoms with Gasteiger partial charge in [0.25, 0.3) is 0 Å². The van der Waals surface area contributed by atoms with Gasteiger partial charge in [0.15, 0.2) is 11.8 Å². The lowest BCUT2D eigenvalue weighted by atomic mass is 9.87. The fourth-order valence-corrected chi connectivity index (χ4v) is 3.71. The van der Waals surface area contributed by atoms with Crippen LogP contribution in [0.3, 0.4) is 0 Å². The number of aromatic nitrogens is 3. The number of nitrogens with one attached hydrogen (secondary N) is 2. The Morgan fingerprint density at radius 3 is 2.29 bits per heavy atom. The number of nitrogens with zero attached hydrogens (tertiary/aromatic N) is 5. The number of benzene rings is 1. The van der Waals surface area contributed by atoms with E-state index in [1.807, 2.05) is 18.5 Å². The molecule has 1 aromatic heterocycles. The molecule has 8 heteroatoms. The molecule has 1 fully saturated rings. The number of hydrogen-bond acceptors (Lipinski definition) is 4. The largest absolute Gasteiger partial charge is 0.371 e. The van der Waals surface area contributed by atoms with Gasteiger partial charge in [-0.15, -0.1) is 34.2 Å². The van der Waals surface area contributed by atoms with E-state index < -0.39 is 0 Å². The molecule has 2 N–H and O–H groups in total. The van der Waals surface area contributed by atoms with E-state index in [2.05, 4.69) is 77.7 Å². The highest BCUT2D eigenvalue weighted by Crippen LogP contribution is 2.26. The number of halogens is 1. The zero-order valence-electron chi connectivity index (χ0n) is 19.8. The predicted octanol–water partition coefficient (Wildman–Crippen LogP) is 3.76. The predicted molar refractivity (Wildman–Crippen MR) is 139 cm³/mol. The van der Waals surface area contributed by atoms with Gasteiger partial charge in [-0.1, -0.05) is 32.9 Å². The molecule has 3 rings (SSSR count). The normalized spacial score (nSPS) is 15.5. The summed E-state index contributed by atoms with van der Waals surface area (Å²) in [5.41, 5.74) is 2.90. The van der Waals surface area contributed by atoms with Crippen LogP contribution in [0.25, 0.3) is 0 Å². The summed E-state index contributed by atoms with van der Waals surface area (Å²) in [5.74, 6) is 2.63. The van der Waals surface area contributed by atoms with E-state index in [-0.39, 0.29) is 29.4 Å². The molecule has 1 aliphatic heterocycles. The first-order valence-electron chi connectivity index (χ1n) is 11.0. The number of guanidine groups is 1. The SMILES string of the molecule is CCNC(=NCc1nnc(C)n1C)NC1CCN(c2ccc(C(C)(C)C)cc2)CC1.I. The van der Waals surface area contributed by atoms with Crippen LogP contribution in [0.1, 0.15) is 57.7 Å². The molecular weight excluding hydrogens is 501 g/mol. The van der Waals surface area contributed by atoms with Crippen LogP contribution in [0.4, 0.5) is 5.69 Å². The minimum atomic E-state index is 0. The van der Waals surface area contributed by atoms with Gasteiger partial charge < -0.3 is 20.1 Å². The van der Waals surface area contributed by atoms with Gasteiger partial charge in [0.05, 0.1) is 0 Å². The number of rotatable bonds is 5. The molecule has 1 aliphatic rings. The summed E-state index contributed by atoms with van der Waals surface area (Å²) in [4.78, 5) is 7.20. The molecule has 0 atom stereocenters. The first-order chi connectivity index (χ1) is 14.3. The minimum Gasteiger partial charge on any atom is -0.371 e. The van der Waals surface area contributed by atoms with Gasteiger partial charge in [-0.05, 0) is 49.8 Å². The van der Waals surface area contributed by atoms with Crippen molar-refractivity contribution < 1.29 is 0 Å². The van der Waals surface area contributed by atoms with Crippen LogP contribution in [-0.4, -0.2) is 46.4 Å². The minimum absolute atomic E-state index is 0. The molecule has 1 saturated heterocycles. The molecule has 0 bridgehead atoms. The summed E-state index contributed by atoms with van der Waals surface area (Å²) >= 11 is 0. The third kappa shape index (κ3) is 6.82. The average molecular weight is 540 g/mol. The maximum absolute atomic E-state index is 4.72. The van der Waals surface area contributed by atoms with Crippen molar-refractivity contribution in [1.82, 2.24) is 25.4 Å². The van der Waals surface area contributed by atoms with Crippen molar-refractivity contribution in [3.05, 3.63) is 41.5 Å². The maximum Gasteiger partial charge on any atom is 0.191 e. The second kappa shape index (κ2) is 11.2. The van der Waals surface area contributed by atoms with E-state index in [1.165, 1.54) is 11.3 Å². The van der Waals surface area contributed by atoms with Crippen molar-refractivity contribution in [2.75, 3.05) is 24.5 Å². The van der Waals surface area contributed by atoms with Crippen LogP contribution in [0.2, 0.25) is 0 Å². The Morgan fingerprint density at radius 1 is 1.13 bits per heavy atom. The highest BCUT2D eigenvalue weighted by Gasteiger charge is 2.21. The van der Waals surface area contributed by atoms with E-state index in [9.17, 15) is 0 Å². The lowest BCUT2D eigenvalue weighted by Gasteiger charge is -2.35. The third-order valence-corrected chi connectivity index (χ3v) is 5.84. The molecule has 2 heterocycles. The fourth-order valence-electron chi connectivity index (χ4n) is 3.71. The lowest BCUT2D eigenvalue weighted by Crippen LogP contribution is -2.48. The van der Waals surface area contributed by atoms with Crippen LogP contribution in [0, 0.1) is 6.92 Å². The first-order valence-corrected chi connectivity index (χ1v) is 11.0. The molecule has 0 radical (unpaired) electrons. The molecule has 0 spiro atoms. The molecule has 0 amide bonds. The zero-order valence-corrected chi connectivity index (χ0v) is 22.1. The smallest absolute Gasteiger partial charge is 0.191 e. The molecule has 7 nitrogen and oxygen atoms in total. The quantitative estimate of drug-likeness (QED) is 0.344. The van der Waals surface area contributed by atoms with Crippen molar-refractivity contribution in [2.45, 2.75) is 65.5 Å².